The van der Waals surface area contributed by atoms with Crippen LogP contribution in [0, 0.1) is 6.92 Å². The van der Waals surface area contributed by atoms with Crippen molar-refractivity contribution in [3.8, 4) is 0 Å². The van der Waals surface area contributed by atoms with Gasteiger partial charge in [0.1, 0.15) is 0 Å². The van der Waals surface area contributed by atoms with E-state index in [-0.39, 0.29) is 0 Å². The van der Waals surface area contributed by atoms with E-state index in [1.165, 1.54) is 12.8 Å². The van der Waals surface area contributed by atoms with Gasteiger partial charge in [0.05, 0.1) is 6.20 Å². The Bertz CT molecular complexity index is 588. The third-order valence-electron chi connectivity index (χ3n) is 3.15. The first-order chi connectivity index (χ1) is 10.2. The van der Waals surface area contributed by atoms with E-state index in [1.54, 1.807) is 6.20 Å². The van der Waals surface area contributed by atoms with Gasteiger partial charge in [0.2, 0.25) is 5.95 Å². The highest BCUT2D eigenvalue weighted by atomic mass is 35.5. The molecule has 0 amide bonds. The van der Waals surface area contributed by atoms with E-state index < -0.39 is 0 Å². The number of benzene rings is 1. The lowest BCUT2D eigenvalue weighted by molar-refractivity contribution is 0.738. The maximum atomic E-state index is 6.11. The van der Waals surface area contributed by atoms with Crippen LogP contribution in [0.5, 0.6) is 0 Å². The first kappa shape index (κ1) is 15.5. The van der Waals surface area contributed by atoms with Gasteiger partial charge in [0.15, 0.2) is 5.82 Å². The van der Waals surface area contributed by atoms with Crippen LogP contribution in [0.3, 0.4) is 0 Å². The normalized spacial score (nSPS) is 10.4. The Balaban J connectivity index is 2.02. The quantitative estimate of drug-likeness (QED) is 0.751. The van der Waals surface area contributed by atoms with Gasteiger partial charge in [0.25, 0.3) is 0 Å². The number of aromatic nitrogens is 3. The van der Waals surface area contributed by atoms with Crippen molar-refractivity contribution < 1.29 is 0 Å². The molecule has 0 saturated carbocycles. The summed E-state index contributed by atoms with van der Waals surface area (Å²) in [6.45, 7) is 4.99. The van der Waals surface area contributed by atoms with E-state index in [4.69, 9.17) is 11.6 Å². The molecule has 0 spiro atoms. The van der Waals surface area contributed by atoms with Crippen molar-refractivity contribution in [3.05, 3.63) is 35.0 Å². The van der Waals surface area contributed by atoms with E-state index in [1.807, 2.05) is 25.1 Å². The first-order valence-corrected chi connectivity index (χ1v) is 7.54. The van der Waals surface area contributed by atoms with E-state index in [9.17, 15) is 0 Å². The molecule has 1 heterocycles. The highest BCUT2D eigenvalue weighted by molar-refractivity contribution is 6.31. The summed E-state index contributed by atoms with van der Waals surface area (Å²) in [4.78, 5) is 4.40. The lowest BCUT2D eigenvalue weighted by atomic mass is 10.2. The third kappa shape index (κ3) is 4.56. The standard InChI is InChI=1S/C15H20ClN5/c1-3-4-5-9-17-15-20-14(10-18-21-15)19-13-8-6-7-12(16)11(13)2/h6-8,10H,3-5,9H2,1-2H3,(H2,17,19,20,21). The van der Waals surface area contributed by atoms with Crippen LogP contribution in [-0.4, -0.2) is 21.7 Å². The van der Waals surface area contributed by atoms with Crippen molar-refractivity contribution in [2.24, 2.45) is 0 Å². The van der Waals surface area contributed by atoms with Gasteiger partial charge in [-0.2, -0.15) is 10.1 Å². The maximum absolute atomic E-state index is 6.11. The molecule has 0 aliphatic carbocycles. The van der Waals surface area contributed by atoms with Crippen LogP contribution in [0.4, 0.5) is 17.5 Å². The molecule has 0 atom stereocenters. The molecule has 21 heavy (non-hydrogen) atoms. The van der Waals surface area contributed by atoms with Crippen LogP contribution in [0.2, 0.25) is 5.02 Å². The Labute approximate surface area is 130 Å². The van der Waals surface area contributed by atoms with Gasteiger partial charge in [-0.15, -0.1) is 5.10 Å². The maximum Gasteiger partial charge on any atom is 0.244 e. The fourth-order valence-electron chi connectivity index (χ4n) is 1.89. The van der Waals surface area contributed by atoms with Gasteiger partial charge in [-0.3, -0.25) is 0 Å². The molecule has 6 heteroatoms. The predicted octanol–water partition coefficient (Wildman–Crippen LogP) is 4.18. The molecule has 112 valence electrons. The van der Waals surface area contributed by atoms with E-state index in [0.717, 1.165) is 29.2 Å². The zero-order chi connectivity index (χ0) is 15.1. The number of rotatable bonds is 7. The van der Waals surface area contributed by atoms with E-state index in [0.29, 0.717) is 11.8 Å². The minimum absolute atomic E-state index is 0.538. The zero-order valence-electron chi connectivity index (χ0n) is 12.4. The summed E-state index contributed by atoms with van der Waals surface area (Å²) in [7, 11) is 0. The lowest BCUT2D eigenvalue weighted by Gasteiger charge is -2.10. The van der Waals surface area contributed by atoms with Gasteiger partial charge in [-0.25, -0.2) is 0 Å². The number of nitrogens with zero attached hydrogens (tertiary/aromatic N) is 3. The van der Waals surface area contributed by atoms with Crippen molar-refractivity contribution >= 4 is 29.1 Å². The molecule has 0 fully saturated rings. The Morgan fingerprint density at radius 2 is 2.10 bits per heavy atom. The molecular weight excluding hydrogens is 286 g/mol. The van der Waals surface area contributed by atoms with Crippen LogP contribution in [0.15, 0.2) is 24.4 Å². The van der Waals surface area contributed by atoms with Crippen LogP contribution in [0.25, 0.3) is 0 Å². The Hall–Kier alpha value is -1.88. The molecule has 2 N–H and O–H groups in total. The average Bonchev–Trinajstić information content (AvgIpc) is 2.49. The minimum atomic E-state index is 0.538. The van der Waals surface area contributed by atoms with Crippen molar-refractivity contribution in [1.82, 2.24) is 15.2 Å². The number of halogens is 1. The lowest BCUT2D eigenvalue weighted by Crippen LogP contribution is -2.07. The molecule has 0 aliphatic rings. The number of unbranched alkanes of at least 4 members (excludes halogenated alkanes) is 2. The monoisotopic (exact) mass is 305 g/mol. The molecule has 1 aromatic carbocycles. The molecule has 0 bridgehead atoms. The minimum Gasteiger partial charge on any atom is -0.353 e. The molecule has 2 rings (SSSR count). The van der Waals surface area contributed by atoms with Crippen LogP contribution < -0.4 is 10.6 Å². The largest absolute Gasteiger partial charge is 0.353 e. The third-order valence-corrected chi connectivity index (χ3v) is 3.56. The van der Waals surface area contributed by atoms with Gasteiger partial charge < -0.3 is 10.6 Å². The molecule has 0 radical (unpaired) electrons. The van der Waals surface area contributed by atoms with E-state index in [2.05, 4.69) is 32.7 Å². The fourth-order valence-corrected chi connectivity index (χ4v) is 2.07. The SMILES string of the molecule is CCCCCNc1nncc(Nc2cccc(Cl)c2C)n1. The molecule has 5 nitrogen and oxygen atoms in total. The fraction of sp³-hybridized carbons (Fsp3) is 0.400. The molecule has 2 aromatic rings. The number of hydrogen-bond acceptors (Lipinski definition) is 5. The molecule has 0 aliphatic heterocycles. The summed E-state index contributed by atoms with van der Waals surface area (Å²) in [5.74, 6) is 1.18. The second-order valence-corrected chi connectivity index (χ2v) is 5.24. The Morgan fingerprint density at radius 3 is 2.90 bits per heavy atom. The van der Waals surface area contributed by atoms with Crippen LogP contribution >= 0.6 is 11.6 Å². The zero-order valence-corrected chi connectivity index (χ0v) is 13.1. The Kier molecular flexibility index (Phi) is 5.75. The molecule has 0 saturated heterocycles. The molecule has 1 aromatic heterocycles. The topological polar surface area (TPSA) is 62.7 Å². The summed E-state index contributed by atoms with van der Waals surface area (Å²) in [6, 6.07) is 5.72. The summed E-state index contributed by atoms with van der Waals surface area (Å²) in [6.07, 6.45) is 5.08. The number of anilines is 3. The van der Waals surface area contributed by atoms with Crippen LogP contribution in [0.1, 0.15) is 31.7 Å². The predicted molar refractivity (Wildman–Crippen MR) is 87.3 cm³/mol. The van der Waals surface area contributed by atoms with Crippen molar-refractivity contribution in [1.29, 1.82) is 0 Å². The second kappa shape index (κ2) is 7.78. The summed E-state index contributed by atoms with van der Waals surface area (Å²) >= 11 is 6.11. The van der Waals surface area contributed by atoms with Gasteiger partial charge in [0, 0.05) is 17.3 Å². The average molecular weight is 306 g/mol. The highest BCUT2D eigenvalue weighted by Crippen LogP contribution is 2.25. The first-order valence-electron chi connectivity index (χ1n) is 7.16. The van der Waals surface area contributed by atoms with Crippen molar-refractivity contribution in [3.63, 3.8) is 0 Å². The Morgan fingerprint density at radius 1 is 1.24 bits per heavy atom. The van der Waals surface area contributed by atoms with Crippen molar-refractivity contribution in [2.45, 2.75) is 33.1 Å². The van der Waals surface area contributed by atoms with Crippen molar-refractivity contribution in [2.75, 3.05) is 17.2 Å². The number of nitrogens with one attached hydrogen (secondary N) is 2. The summed E-state index contributed by atoms with van der Waals surface area (Å²) in [5, 5.41) is 15.1. The second-order valence-electron chi connectivity index (χ2n) is 4.84. The highest BCUT2D eigenvalue weighted by Gasteiger charge is 2.05. The van der Waals surface area contributed by atoms with Gasteiger partial charge >= 0.3 is 0 Å². The van der Waals surface area contributed by atoms with Gasteiger partial charge in [-0.1, -0.05) is 37.4 Å². The number of hydrogen-bond donors (Lipinski definition) is 2. The van der Waals surface area contributed by atoms with Crippen LogP contribution in [-0.2, 0) is 0 Å². The smallest absolute Gasteiger partial charge is 0.244 e. The molecule has 0 unspecified atom stereocenters. The molecular formula is C15H20ClN5. The van der Waals surface area contributed by atoms with Gasteiger partial charge in [-0.05, 0) is 31.0 Å². The van der Waals surface area contributed by atoms with E-state index >= 15 is 0 Å². The summed E-state index contributed by atoms with van der Waals surface area (Å²) < 4.78 is 0. The summed E-state index contributed by atoms with van der Waals surface area (Å²) in [5.41, 5.74) is 1.90.